The highest BCUT2D eigenvalue weighted by Gasteiger charge is 2.31. The van der Waals surface area contributed by atoms with Crippen LogP contribution in [0.5, 0.6) is 5.88 Å². The average Bonchev–Trinajstić information content (AvgIpc) is 2.42. The van der Waals surface area contributed by atoms with Gasteiger partial charge in [-0.1, -0.05) is 33.8 Å². The van der Waals surface area contributed by atoms with Crippen LogP contribution in [-0.2, 0) is 4.79 Å². The molecule has 0 spiro atoms. The summed E-state index contributed by atoms with van der Waals surface area (Å²) < 4.78 is 5.89. The number of carbonyl (C=O) groups is 1. The van der Waals surface area contributed by atoms with Crippen LogP contribution in [0.2, 0.25) is 0 Å². The highest BCUT2D eigenvalue weighted by atomic mass is 16.5. The van der Waals surface area contributed by atoms with Gasteiger partial charge >= 0.3 is 0 Å². The topological polar surface area (TPSA) is 51.2 Å². The van der Waals surface area contributed by atoms with Crippen molar-refractivity contribution in [2.45, 2.75) is 58.7 Å². The van der Waals surface area contributed by atoms with Gasteiger partial charge in [-0.2, -0.15) is 0 Å². The molecule has 1 aliphatic rings. The van der Waals surface area contributed by atoms with E-state index in [1.54, 1.807) is 12.3 Å². The SMILES string of the molecule is CC(C)NC1CC(Oc2cc(/C=C/C(=O)C(C)C)ccn2)C1. The van der Waals surface area contributed by atoms with Gasteiger partial charge in [0.15, 0.2) is 5.78 Å². The zero-order chi connectivity index (χ0) is 16.1. The number of nitrogens with one attached hydrogen (secondary N) is 1. The lowest BCUT2D eigenvalue weighted by Gasteiger charge is -2.36. The zero-order valence-electron chi connectivity index (χ0n) is 13.9. The normalized spacial score (nSPS) is 21.4. The van der Waals surface area contributed by atoms with Crippen molar-refractivity contribution in [3.8, 4) is 5.88 Å². The molecule has 1 aromatic heterocycles. The lowest BCUT2D eigenvalue weighted by Crippen LogP contribution is -2.49. The molecule has 4 nitrogen and oxygen atoms in total. The van der Waals surface area contributed by atoms with Crippen molar-refractivity contribution in [3.05, 3.63) is 30.0 Å². The largest absolute Gasteiger partial charge is 0.474 e. The van der Waals surface area contributed by atoms with E-state index in [0.29, 0.717) is 18.0 Å². The molecule has 1 heterocycles. The van der Waals surface area contributed by atoms with Gasteiger partial charge in [0.05, 0.1) is 0 Å². The average molecular weight is 302 g/mol. The minimum Gasteiger partial charge on any atom is -0.474 e. The van der Waals surface area contributed by atoms with Gasteiger partial charge in [0.1, 0.15) is 6.10 Å². The third kappa shape index (κ3) is 4.95. The van der Waals surface area contributed by atoms with Gasteiger partial charge in [0.2, 0.25) is 5.88 Å². The molecule has 0 atom stereocenters. The molecule has 0 aliphatic heterocycles. The molecule has 0 unspecified atom stereocenters. The van der Waals surface area contributed by atoms with Crippen molar-refractivity contribution in [2.75, 3.05) is 0 Å². The molecule has 1 fully saturated rings. The summed E-state index contributed by atoms with van der Waals surface area (Å²) in [4.78, 5) is 15.9. The lowest BCUT2D eigenvalue weighted by molar-refractivity contribution is -0.117. The van der Waals surface area contributed by atoms with E-state index >= 15 is 0 Å². The summed E-state index contributed by atoms with van der Waals surface area (Å²) in [5, 5.41) is 3.50. The van der Waals surface area contributed by atoms with Gasteiger partial charge in [-0.15, -0.1) is 0 Å². The first-order valence-corrected chi connectivity index (χ1v) is 8.04. The molecule has 2 rings (SSSR count). The lowest BCUT2D eigenvalue weighted by atomic mass is 9.89. The molecule has 22 heavy (non-hydrogen) atoms. The monoisotopic (exact) mass is 302 g/mol. The van der Waals surface area contributed by atoms with E-state index in [-0.39, 0.29) is 17.8 Å². The number of aromatic nitrogens is 1. The molecule has 4 heteroatoms. The summed E-state index contributed by atoms with van der Waals surface area (Å²) in [5.74, 6) is 0.780. The number of ketones is 1. The highest BCUT2D eigenvalue weighted by molar-refractivity contribution is 5.94. The summed E-state index contributed by atoms with van der Waals surface area (Å²) in [5.41, 5.74) is 0.940. The summed E-state index contributed by atoms with van der Waals surface area (Å²) >= 11 is 0. The number of pyridine rings is 1. The van der Waals surface area contributed by atoms with Crippen molar-refractivity contribution in [1.82, 2.24) is 10.3 Å². The van der Waals surface area contributed by atoms with Crippen LogP contribution in [0.15, 0.2) is 24.4 Å². The third-order valence-corrected chi connectivity index (χ3v) is 3.72. The highest BCUT2D eigenvalue weighted by Crippen LogP contribution is 2.25. The van der Waals surface area contributed by atoms with E-state index in [0.717, 1.165) is 18.4 Å². The van der Waals surface area contributed by atoms with Crippen molar-refractivity contribution in [2.24, 2.45) is 5.92 Å². The Hall–Kier alpha value is -1.68. The van der Waals surface area contributed by atoms with E-state index in [2.05, 4.69) is 24.1 Å². The standard InChI is InChI=1S/C18H26N2O2/c1-12(2)17(21)6-5-14-7-8-19-18(9-14)22-16-10-15(11-16)20-13(3)4/h5-9,12-13,15-16,20H,10-11H2,1-4H3/b6-5+. The van der Waals surface area contributed by atoms with Crippen LogP contribution >= 0.6 is 0 Å². The second-order valence-electron chi connectivity index (χ2n) is 6.55. The Labute approximate surface area is 133 Å². The van der Waals surface area contributed by atoms with Gasteiger partial charge in [-0.25, -0.2) is 4.98 Å². The number of allylic oxidation sites excluding steroid dienone is 1. The van der Waals surface area contributed by atoms with Gasteiger partial charge in [0.25, 0.3) is 0 Å². The van der Waals surface area contributed by atoms with Crippen LogP contribution < -0.4 is 10.1 Å². The van der Waals surface area contributed by atoms with Crippen LogP contribution in [-0.4, -0.2) is 29.0 Å². The third-order valence-electron chi connectivity index (χ3n) is 3.72. The maximum Gasteiger partial charge on any atom is 0.214 e. The molecule has 0 amide bonds. The number of hydrogen-bond acceptors (Lipinski definition) is 4. The molecule has 120 valence electrons. The molecule has 1 aromatic rings. The van der Waals surface area contributed by atoms with E-state index in [1.165, 1.54) is 0 Å². The van der Waals surface area contributed by atoms with Gasteiger partial charge in [0, 0.05) is 30.3 Å². The van der Waals surface area contributed by atoms with E-state index in [1.807, 2.05) is 32.1 Å². The predicted molar refractivity (Wildman–Crippen MR) is 88.8 cm³/mol. The van der Waals surface area contributed by atoms with Crippen molar-refractivity contribution < 1.29 is 9.53 Å². The Morgan fingerprint density at radius 3 is 2.73 bits per heavy atom. The molecule has 0 bridgehead atoms. The second-order valence-corrected chi connectivity index (χ2v) is 6.55. The minimum atomic E-state index is 0.0224. The van der Waals surface area contributed by atoms with Crippen LogP contribution in [0, 0.1) is 5.92 Å². The molecular weight excluding hydrogens is 276 g/mol. The van der Waals surface area contributed by atoms with E-state index in [9.17, 15) is 4.79 Å². The smallest absolute Gasteiger partial charge is 0.214 e. The zero-order valence-corrected chi connectivity index (χ0v) is 13.9. The first-order valence-electron chi connectivity index (χ1n) is 8.04. The van der Waals surface area contributed by atoms with Gasteiger partial charge in [-0.3, -0.25) is 4.79 Å². The molecule has 1 saturated carbocycles. The maximum atomic E-state index is 11.6. The van der Waals surface area contributed by atoms with Gasteiger partial charge in [-0.05, 0) is 30.5 Å². The summed E-state index contributed by atoms with van der Waals surface area (Å²) in [6.07, 6.45) is 7.44. The molecular formula is C18H26N2O2. The first kappa shape index (κ1) is 16.7. The van der Waals surface area contributed by atoms with E-state index in [4.69, 9.17) is 4.74 Å². The number of rotatable bonds is 7. The minimum absolute atomic E-state index is 0.0224. The van der Waals surface area contributed by atoms with Crippen LogP contribution in [0.25, 0.3) is 6.08 Å². The predicted octanol–water partition coefficient (Wildman–Crippen LogP) is 3.23. The fourth-order valence-corrected chi connectivity index (χ4v) is 2.40. The fourth-order valence-electron chi connectivity index (χ4n) is 2.40. The van der Waals surface area contributed by atoms with Crippen molar-refractivity contribution >= 4 is 11.9 Å². The second kappa shape index (κ2) is 7.54. The summed E-state index contributed by atoms with van der Waals surface area (Å²) in [6, 6.07) is 4.82. The molecule has 1 N–H and O–H groups in total. The van der Waals surface area contributed by atoms with Crippen LogP contribution in [0.4, 0.5) is 0 Å². The Balaban J connectivity index is 1.86. The number of nitrogens with zero attached hydrogens (tertiary/aromatic N) is 1. The Bertz CT molecular complexity index is 532. The summed E-state index contributed by atoms with van der Waals surface area (Å²) in [6.45, 7) is 8.10. The maximum absolute atomic E-state index is 11.6. The van der Waals surface area contributed by atoms with Crippen LogP contribution in [0.1, 0.15) is 46.1 Å². The quantitative estimate of drug-likeness (QED) is 0.786. The first-order chi connectivity index (χ1) is 10.4. The summed E-state index contributed by atoms with van der Waals surface area (Å²) in [7, 11) is 0. The molecule has 0 aromatic carbocycles. The Kier molecular flexibility index (Phi) is 5.72. The number of hydrogen-bond donors (Lipinski definition) is 1. The Morgan fingerprint density at radius 2 is 2.09 bits per heavy atom. The molecule has 0 radical (unpaired) electrons. The Morgan fingerprint density at radius 1 is 1.36 bits per heavy atom. The van der Waals surface area contributed by atoms with E-state index < -0.39 is 0 Å². The van der Waals surface area contributed by atoms with Crippen molar-refractivity contribution in [3.63, 3.8) is 0 Å². The van der Waals surface area contributed by atoms with Crippen LogP contribution in [0.3, 0.4) is 0 Å². The number of carbonyl (C=O) groups excluding carboxylic acids is 1. The number of ether oxygens (including phenoxy) is 1. The molecule has 1 aliphatic carbocycles. The van der Waals surface area contributed by atoms with Crippen molar-refractivity contribution in [1.29, 1.82) is 0 Å². The molecule has 0 saturated heterocycles. The fraction of sp³-hybridized carbons (Fsp3) is 0.556. The van der Waals surface area contributed by atoms with Gasteiger partial charge < -0.3 is 10.1 Å².